The fourth-order valence-electron chi connectivity index (χ4n) is 2.27. The third-order valence-corrected chi connectivity index (χ3v) is 4.81. The molecule has 0 aliphatic carbocycles. The van der Waals surface area contributed by atoms with Gasteiger partial charge >= 0.3 is 0 Å². The first kappa shape index (κ1) is 18.5. The van der Waals surface area contributed by atoms with Gasteiger partial charge in [0.1, 0.15) is 0 Å². The SMILES string of the molecule is CCN(CC)CCCNC(=S)Nc1nc2ccc([N+](=O)[O-])cc2s1. The van der Waals surface area contributed by atoms with E-state index in [1.807, 2.05) is 0 Å². The molecule has 9 heteroatoms. The molecule has 0 spiro atoms. The van der Waals surface area contributed by atoms with Crippen molar-refractivity contribution in [1.82, 2.24) is 15.2 Å². The van der Waals surface area contributed by atoms with Gasteiger partial charge in [-0.2, -0.15) is 0 Å². The van der Waals surface area contributed by atoms with Gasteiger partial charge in [0.25, 0.3) is 5.69 Å². The Morgan fingerprint density at radius 1 is 1.42 bits per heavy atom. The fraction of sp³-hybridized carbons (Fsp3) is 0.467. The van der Waals surface area contributed by atoms with Gasteiger partial charge in [-0.1, -0.05) is 25.2 Å². The molecular weight excluding hydrogens is 346 g/mol. The zero-order valence-corrected chi connectivity index (χ0v) is 15.4. The van der Waals surface area contributed by atoms with Gasteiger partial charge in [0, 0.05) is 18.7 Å². The molecule has 0 amide bonds. The Morgan fingerprint density at radius 2 is 2.17 bits per heavy atom. The second kappa shape index (κ2) is 8.86. The van der Waals surface area contributed by atoms with E-state index in [1.165, 1.54) is 23.5 Å². The summed E-state index contributed by atoms with van der Waals surface area (Å²) in [5.41, 5.74) is 0.784. The lowest BCUT2D eigenvalue weighted by Crippen LogP contribution is -2.32. The normalized spacial score (nSPS) is 11.0. The van der Waals surface area contributed by atoms with Crippen molar-refractivity contribution in [3.05, 3.63) is 28.3 Å². The monoisotopic (exact) mass is 367 g/mol. The topological polar surface area (TPSA) is 83.3 Å². The van der Waals surface area contributed by atoms with Crippen LogP contribution in [0, 0.1) is 10.1 Å². The van der Waals surface area contributed by atoms with E-state index in [4.69, 9.17) is 12.2 Å². The third-order valence-electron chi connectivity index (χ3n) is 3.63. The Labute approximate surface area is 150 Å². The molecule has 2 aromatic rings. The molecule has 0 radical (unpaired) electrons. The number of nitrogens with zero attached hydrogens (tertiary/aromatic N) is 3. The van der Waals surface area contributed by atoms with Crippen LogP contribution in [0.25, 0.3) is 10.2 Å². The first-order valence-corrected chi connectivity index (χ1v) is 9.08. The standard InChI is InChI=1S/C15H21N5O2S2/c1-3-19(4-2)9-5-8-16-14(23)18-15-17-12-7-6-11(20(21)22)10-13(12)24-15/h6-7,10H,3-5,8-9H2,1-2H3,(H2,16,17,18,23). The van der Waals surface area contributed by atoms with E-state index < -0.39 is 4.92 Å². The molecule has 0 saturated heterocycles. The highest BCUT2D eigenvalue weighted by Gasteiger charge is 2.10. The van der Waals surface area contributed by atoms with Crippen LogP contribution in [-0.2, 0) is 0 Å². The van der Waals surface area contributed by atoms with Gasteiger partial charge < -0.3 is 15.5 Å². The van der Waals surface area contributed by atoms with E-state index >= 15 is 0 Å². The summed E-state index contributed by atoms with van der Waals surface area (Å²) < 4.78 is 0.760. The van der Waals surface area contributed by atoms with Crippen LogP contribution in [-0.4, -0.2) is 46.1 Å². The summed E-state index contributed by atoms with van der Waals surface area (Å²) in [4.78, 5) is 17.1. The second-order valence-electron chi connectivity index (χ2n) is 5.19. The van der Waals surface area contributed by atoms with Crippen molar-refractivity contribution in [2.75, 3.05) is 31.5 Å². The molecule has 2 N–H and O–H groups in total. The van der Waals surface area contributed by atoms with Crippen LogP contribution in [0.4, 0.5) is 10.8 Å². The lowest BCUT2D eigenvalue weighted by molar-refractivity contribution is -0.384. The molecule has 1 heterocycles. The van der Waals surface area contributed by atoms with Crippen molar-refractivity contribution in [2.45, 2.75) is 20.3 Å². The second-order valence-corrected chi connectivity index (χ2v) is 6.63. The maximum absolute atomic E-state index is 10.8. The van der Waals surface area contributed by atoms with Gasteiger partial charge in [-0.25, -0.2) is 4.98 Å². The number of anilines is 1. The highest BCUT2D eigenvalue weighted by molar-refractivity contribution is 7.80. The van der Waals surface area contributed by atoms with Gasteiger partial charge in [-0.05, 0) is 44.3 Å². The molecule has 0 saturated carbocycles. The summed E-state index contributed by atoms with van der Waals surface area (Å²) in [5.74, 6) is 0. The van der Waals surface area contributed by atoms with Gasteiger partial charge in [-0.3, -0.25) is 10.1 Å². The van der Waals surface area contributed by atoms with Crippen molar-refractivity contribution in [3.63, 3.8) is 0 Å². The highest BCUT2D eigenvalue weighted by Crippen LogP contribution is 2.28. The average molecular weight is 368 g/mol. The molecule has 1 aromatic heterocycles. The zero-order valence-electron chi connectivity index (χ0n) is 13.7. The number of hydrogen-bond donors (Lipinski definition) is 2. The van der Waals surface area contributed by atoms with E-state index in [1.54, 1.807) is 6.07 Å². The van der Waals surface area contributed by atoms with Crippen molar-refractivity contribution in [2.24, 2.45) is 0 Å². The van der Waals surface area contributed by atoms with E-state index in [2.05, 4.69) is 34.4 Å². The number of aromatic nitrogens is 1. The summed E-state index contributed by atoms with van der Waals surface area (Å²) >= 11 is 6.61. The summed E-state index contributed by atoms with van der Waals surface area (Å²) in [6.07, 6.45) is 1.01. The van der Waals surface area contributed by atoms with Crippen molar-refractivity contribution in [1.29, 1.82) is 0 Å². The maximum Gasteiger partial charge on any atom is 0.270 e. The Morgan fingerprint density at radius 3 is 2.83 bits per heavy atom. The van der Waals surface area contributed by atoms with Crippen LogP contribution in [0.1, 0.15) is 20.3 Å². The summed E-state index contributed by atoms with van der Waals surface area (Å²) in [6.45, 7) is 8.24. The van der Waals surface area contributed by atoms with E-state index in [9.17, 15) is 10.1 Å². The van der Waals surface area contributed by atoms with Gasteiger partial charge in [0.2, 0.25) is 0 Å². The Kier molecular flexibility index (Phi) is 6.83. The molecule has 7 nitrogen and oxygen atoms in total. The van der Waals surface area contributed by atoms with Crippen LogP contribution < -0.4 is 10.6 Å². The molecule has 0 unspecified atom stereocenters. The zero-order chi connectivity index (χ0) is 17.5. The number of nitro groups is 1. The smallest absolute Gasteiger partial charge is 0.270 e. The van der Waals surface area contributed by atoms with Crippen LogP contribution in [0.15, 0.2) is 18.2 Å². The molecule has 130 valence electrons. The number of thiazole rings is 1. The Bertz CT molecular complexity index is 715. The van der Waals surface area contributed by atoms with Crippen molar-refractivity contribution in [3.8, 4) is 0 Å². The first-order valence-electron chi connectivity index (χ1n) is 7.85. The summed E-state index contributed by atoms with van der Waals surface area (Å²) in [6, 6.07) is 4.63. The van der Waals surface area contributed by atoms with E-state index in [0.717, 1.165) is 42.8 Å². The number of hydrogen-bond acceptors (Lipinski definition) is 6. The minimum absolute atomic E-state index is 0.0646. The van der Waals surface area contributed by atoms with Crippen LogP contribution in [0.2, 0.25) is 0 Å². The molecule has 0 atom stereocenters. The number of nitro benzene ring substituents is 1. The Balaban J connectivity index is 1.85. The van der Waals surface area contributed by atoms with Crippen molar-refractivity contribution >= 4 is 49.7 Å². The van der Waals surface area contributed by atoms with Crippen LogP contribution in [0.5, 0.6) is 0 Å². The van der Waals surface area contributed by atoms with E-state index in [0.29, 0.717) is 10.2 Å². The number of fused-ring (bicyclic) bond motifs is 1. The predicted molar refractivity (Wildman–Crippen MR) is 103 cm³/mol. The Hall–Kier alpha value is -1.84. The molecule has 2 rings (SSSR count). The van der Waals surface area contributed by atoms with Gasteiger partial charge in [0.15, 0.2) is 10.2 Å². The molecular formula is C15H21N5O2S2. The number of thiocarbonyl (C=S) groups is 1. The van der Waals surface area contributed by atoms with Gasteiger partial charge in [-0.15, -0.1) is 0 Å². The lowest BCUT2D eigenvalue weighted by atomic mass is 10.3. The molecule has 0 aliphatic rings. The largest absolute Gasteiger partial charge is 0.362 e. The minimum atomic E-state index is -0.408. The predicted octanol–water partition coefficient (Wildman–Crippen LogP) is 3.22. The number of rotatable bonds is 8. The van der Waals surface area contributed by atoms with Gasteiger partial charge in [0.05, 0.1) is 15.1 Å². The van der Waals surface area contributed by atoms with Crippen LogP contribution in [0.3, 0.4) is 0 Å². The third kappa shape index (κ3) is 5.08. The van der Waals surface area contributed by atoms with Crippen molar-refractivity contribution < 1.29 is 4.92 Å². The number of non-ortho nitro benzene ring substituents is 1. The summed E-state index contributed by atoms with van der Waals surface area (Å²) in [7, 11) is 0. The number of benzene rings is 1. The van der Waals surface area contributed by atoms with E-state index in [-0.39, 0.29) is 5.69 Å². The molecule has 0 aliphatic heterocycles. The first-order chi connectivity index (χ1) is 11.5. The number of nitrogens with one attached hydrogen (secondary N) is 2. The van der Waals surface area contributed by atoms with Crippen LogP contribution >= 0.6 is 23.6 Å². The summed E-state index contributed by atoms with van der Waals surface area (Å²) in [5, 5.41) is 18.2. The molecule has 0 fully saturated rings. The molecule has 0 bridgehead atoms. The highest BCUT2D eigenvalue weighted by atomic mass is 32.1. The molecule has 1 aromatic carbocycles. The lowest BCUT2D eigenvalue weighted by Gasteiger charge is -2.18. The molecule has 24 heavy (non-hydrogen) atoms. The minimum Gasteiger partial charge on any atom is -0.362 e. The average Bonchev–Trinajstić information content (AvgIpc) is 2.96. The fourth-order valence-corrected chi connectivity index (χ4v) is 3.43. The maximum atomic E-state index is 10.8. The quantitative estimate of drug-likeness (QED) is 0.321.